The molecule has 0 saturated heterocycles. The van der Waals surface area contributed by atoms with Crippen molar-refractivity contribution < 1.29 is 5.11 Å². The van der Waals surface area contributed by atoms with Crippen LogP contribution in [-0.4, -0.2) is 21.8 Å². The van der Waals surface area contributed by atoms with E-state index in [9.17, 15) is 5.11 Å². The summed E-state index contributed by atoms with van der Waals surface area (Å²) in [5.41, 5.74) is 4.82. The number of rotatable bonds is 6. The minimum atomic E-state index is -0.278. The lowest BCUT2D eigenvalue weighted by Gasteiger charge is -2.23. The molecule has 2 aromatic carbocycles. The molecule has 0 spiro atoms. The van der Waals surface area contributed by atoms with Crippen molar-refractivity contribution in [2.45, 2.75) is 39.4 Å². The third-order valence-electron chi connectivity index (χ3n) is 4.50. The SMILES string of the molecule is Cc1ccc(Cn2cc(CNC(C)(C)CO)c3ccccc32)cc1. The first-order chi connectivity index (χ1) is 11.5. The summed E-state index contributed by atoms with van der Waals surface area (Å²) in [5.74, 6) is 0. The fourth-order valence-electron chi connectivity index (χ4n) is 2.88. The Labute approximate surface area is 143 Å². The van der Waals surface area contributed by atoms with E-state index < -0.39 is 0 Å². The lowest BCUT2D eigenvalue weighted by atomic mass is 10.1. The van der Waals surface area contributed by atoms with Gasteiger partial charge in [-0.25, -0.2) is 0 Å². The van der Waals surface area contributed by atoms with Crippen molar-refractivity contribution >= 4 is 10.9 Å². The molecule has 3 rings (SSSR count). The highest BCUT2D eigenvalue weighted by atomic mass is 16.3. The number of aliphatic hydroxyl groups is 1. The maximum Gasteiger partial charge on any atom is 0.0607 e. The Morgan fingerprint density at radius 1 is 1.04 bits per heavy atom. The van der Waals surface area contributed by atoms with Gasteiger partial charge in [0.05, 0.1) is 6.61 Å². The van der Waals surface area contributed by atoms with Gasteiger partial charge in [-0.15, -0.1) is 0 Å². The quantitative estimate of drug-likeness (QED) is 0.723. The fourth-order valence-corrected chi connectivity index (χ4v) is 2.88. The topological polar surface area (TPSA) is 37.2 Å². The van der Waals surface area contributed by atoms with Gasteiger partial charge >= 0.3 is 0 Å². The van der Waals surface area contributed by atoms with Crippen LogP contribution in [-0.2, 0) is 13.1 Å². The van der Waals surface area contributed by atoms with Gasteiger partial charge in [0.1, 0.15) is 0 Å². The van der Waals surface area contributed by atoms with Gasteiger partial charge < -0.3 is 15.0 Å². The number of nitrogens with one attached hydrogen (secondary N) is 1. The van der Waals surface area contributed by atoms with Crippen LogP contribution >= 0.6 is 0 Å². The van der Waals surface area contributed by atoms with Gasteiger partial charge in [-0.05, 0) is 38.0 Å². The number of nitrogens with zero attached hydrogens (tertiary/aromatic N) is 1. The smallest absolute Gasteiger partial charge is 0.0607 e. The Morgan fingerprint density at radius 2 is 1.75 bits per heavy atom. The van der Waals surface area contributed by atoms with Crippen molar-refractivity contribution in [1.82, 2.24) is 9.88 Å². The molecule has 1 aromatic heterocycles. The molecule has 126 valence electrons. The van der Waals surface area contributed by atoms with E-state index in [1.165, 1.54) is 27.6 Å². The van der Waals surface area contributed by atoms with Crippen LogP contribution in [0.5, 0.6) is 0 Å². The lowest BCUT2D eigenvalue weighted by Crippen LogP contribution is -2.42. The average molecular weight is 322 g/mol. The molecule has 3 aromatic rings. The number of benzene rings is 2. The molecule has 3 heteroatoms. The Bertz CT molecular complexity index is 815. The Hall–Kier alpha value is -2.10. The predicted molar refractivity (Wildman–Crippen MR) is 100 cm³/mol. The van der Waals surface area contributed by atoms with E-state index >= 15 is 0 Å². The molecule has 0 aliphatic carbocycles. The third kappa shape index (κ3) is 3.69. The molecule has 0 bridgehead atoms. The molecule has 2 N–H and O–H groups in total. The maximum atomic E-state index is 9.44. The summed E-state index contributed by atoms with van der Waals surface area (Å²) in [6.07, 6.45) is 2.23. The number of fused-ring (bicyclic) bond motifs is 1. The largest absolute Gasteiger partial charge is 0.394 e. The molecule has 0 saturated carbocycles. The van der Waals surface area contributed by atoms with E-state index in [0.717, 1.165) is 13.1 Å². The summed E-state index contributed by atoms with van der Waals surface area (Å²) in [4.78, 5) is 0. The van der Waals surface area contributed by atoms with Crippen LogP contribution in [0.25, 0.3) is 10.9 Å². The van der Waals surface area contributed by atoms with Crippen LogP contribution < -0.4 is 5.32 Å². The highest BCUT2D eigenvalue weighted by molar-refractivity contribution is 5.84. The number of aromatic nitrogens is 1. The first-order valence-corrected chi connectivity index (χ1v) is 8.47. The van der Waals surface area contributed by atoms with Crippen LogP contribution in [0, 0.1) is 6.92 Å². The highest BCUT2D eigenvalue weighted by Crippen LogP contribution is 2.23. The zero-order valence-electron chi connectivity index (χ0n) is 14.7. The molecule has 0 atom stereocenters. The number of para-hydroxylation sites is 1. The van der Waals surface area contributed by atoms with Crippen molar-refractivity contribution in [2.75, 3.05) is 6.61 Å². The molecule has 0 amide bonds. The summed E-state index contributed by atoms with van der Waals surface area (Å²) in [5, 5.41) is 14.1. The first-order valence-electron chi connectivity index (χ1n) is 8.47. The standard InChI is InChI=1S/C21H26N2O/c1-16-8-10-17(11-9-16)13-23-14-18(12-22-21(2,3)15-24)19-6-4-5-7-20(19)23/h4-11,14,22,24H,12-13,15H2,1-3H3. The highest BCUT2D eigenvalue weighted by Gasteiger charge is 2.16. The molecule has 0 radical (unpaired) electrons. The minimum Gasteiger partial charge on any atom is -0.394 e. The van der Waals surface area contributed by atoms with Gasteiger partial charge in [-0.1, -0.05) is 48.0 Å². The second-order valence-electron chi connectivity index (χ2n) is 7.18. The van der Waals surface area contributed by atoms with Crippen molar-refractivity contribution in [3.8, 4) is 0 Å². The average Bonchev–Trinajstić information content (AvgIpc) is 2.93. The Kier molecular flexibility index (Phi) is 4.74. The first kappa shape index (κ1) is 16.7. The molecule has 3 nitrogen and oxygen atoms in total. The van der Waals surface area contributed by atoms with Crippen LogP contribution in [0.1, 0.15) is 30.5 Å². The number of hydrogen-bond acceptors (Lipinski definition) is 2. The monoisotopic (exact) mass is 322 g/mol. The van der Waals surface area contributed by atoms with E-state index in [1.807, 2.05) is 13.8 Å². The lowest BCUT2D eigenvalue weighted by molar-refractivity contribution is 0.187. The van der Waals surface area contributed by atoms with Crippen LogP contribution in [0.2, 0.25) is 0 Å². The molecular formula is C21H26N2O. The van der Waals surface area contributed by atoms with Crippen molar-refractivity contribution in [2.24, 2.45) is 0 Å². The van der Waals surface area contributed by atoms with E-state index in [1.54, 1.807) is 0 Å². The molecule has 0 aliphatic rings. The van der Waals surface area contributed by atoms with Crippen molar-refractivity contribution in [3.05, 3.63) is 71.4 Å². The minimum absolute atomic E-state index is 0.120. The summed E-state index contributed by atoms with van der Waals surface area (Å²) >= 11 is 0. The summed E-state index contributed by atoms with van der Waals surface area (Å²) in [6.45, 7) is 7.87. The third-order valence-corrected chi connectivity index (χ3v) is 4.50. The van der Waals surface area contributed by atoms with E-state index in [4.69, 9.17) is 0 Å². The van der Waals surface area contributed by atoms with E-state index in [0.29, 0.717) is 0 Å². The van der Waals surface area contributed by atoms with Gasteiger partial charge in [-0.3, -0.25) is 0 Å². The maximum absolute atomic E-state index is 9.44. The molecule has 0 aliphatic heterocycles. The van der Waals surface area contributed by atoms with Crippen LogP contribution in [0.4, 0.5) is 0 Å². The predicted octanol–water partition coefficient (Wildman–Crippen LogP) is 3.86. The zero-order chi connectivity index (χ0) is 17.2. The molecule has 0 unspecified atom stereocenters. The summed E-state index contributed by atoms with van der Waals surface area (Å²) in [6, 6.07) is 17.2. The second kappa shape index (κ2) is 6.80. The van der Waals surface area contributed by atoms with Gasteiger partial charge in [0.15, 0.2) is 0 Å². The molecule has 1 heterocycles. The van der Waals surface area contributed by atoms with Gasteiger partial charge in [-0.2, -0.15) is 0 Å². The van der Waals surface area contributed by atoms with Crippen molar-refractivity contribution in [3.63, 3.8) is 0 Å². The van der Waals surface area contributed by atoms with E-state index in [-0.39, 0.29) is 12.1 Å². The van der Waals surface area contributed by atoms with E-state index in [2.05, 4.69) is 71.5 Å². The normalized spacial score (nSPS) is 12.0. The van der Waals surface area contributed by atoms with Gasteiger partial charge in [0.25, 0.3) is 0 Å². The Balaban J connectivity index is 1.90. The number of aryl methyl sites for hydroxylation is 1. The summed E-state index contributed by atoms with van der Waals surface area (Å²) < 4.78 is 2.31. The molecule has 0 fully saturated rings. The number of hydrogen-bond donors (Lipinski definition) is 2. The second-order valence-corrected chi connectivity index (χ2v) is 7.18. The van der Waals surface area contributed by atoms with Gasteiger partial charge in [0, 0.05) is 35.7 Å². The summed E-state index contributed by atoms with van der Waals surface area (Å²) in [7, 11) is 0. The Morgan fingerprint density at radius 3 is 2.46 bits per heavy atom. The van der Waals surface area contributed by atoms with Crippen LogP contribution in [0.15, 0.2) is 54.7 Å². The molecule has 24 heavy (non-hydrogen) atoms. The van der Waals surface area contributed by atoms with Crippen molar-refractivity contribution in [1.29, 1.82) is 0 Å². The number of aliphatic hydroxyl groups excluding tert-OH is 1. The van der Waals surface area contributed by atoms with Gasteiger partial charge in [0.2, 0.25) is 0 Å². The zero-order valence-corrected chi connectivity index (χ0v) is 14.7. The van der Waals surface area contributed by atoms with Crippen LogP contribution in [0.3, 0.4) is 0 Å². The fraction of sp³-hybridized carbons (Fsp3) is 0.333. The molecular weight excluding hydrogens is 296 g/mol.